The molecule has 0 saturated heterocycles. The van der Waals surface area contributed by atoms with Crippen LogP contribution >= 0.6 is 11.8 Å². The standard InChI is InChI=1S/C28H29NO2S/c1-18(2)21-11-13-23(14-12-21)26-25(22-9-5-19(3)6-10-22)27(30)28(31)29(26)17-20-7-15-24(32-4)16-8-20/h5-16,18,26,30H,17H2,1-4H3/t26-/m1/s1. The molecule has 3 aromatic carbocycles. The van der Waals surface area contributed by atoms with E-state index in [0.29, 0.717) is 18.0 Å². The minimum absolute atomic E-state index is 0.160. The summed E-state index contributed by atoms with van der Waals surface area (Å²) in [5, 5.41) is 11.0. The maximum Gasteiger partial charge on any atom is 0.290 e. The summed E-state index contributed by atoms with van der Waals surface area (Å²) < 4.78 is 0. The summed E-state index contributed by atoms with van der Waals surface area (Å²) in [5.41, 5.74) is 5.98. The Balaban J connectivity index is 1.77. The van der Waals surface area contributed by atoms with Gasteiger partial charge in [0.2, 0.25) is 0 Å². The summed E-state index contributed by atoms with van der Waals surface area (Å²) >= 11 is 1.69. The molecule has 4 rings (SSSR count). The van der Waals surface area contributed by atoms with E-state index in [9.17, 15) is 9.90 Å². The van der Waals surface area contributed by atoms with Crippen LogP contribution in [0.15, 0.2) is 83.5 Å². The number of thioether (sulfide) groups is 1. The van der Waals surface area contributed by atoms with Crippen LogP contribution in [0.3, 0.4) is 0 Å². The van der Waals surface area contributed by atoms with Crippen LogP contribution in [0.25, 0.3) is 5.57 Å². The van der Waals surface area contributed by atoms with E-state index in [4.69, 9.17) is 0 Å². The second-order valence-electron chi connectivity index (χ2n) is 8.63. The lowest BCUT2D eigenvalue weighted by molar-refractivity contribution is -0.130. The van der Waals surface area contributed by atoms with Gasteiger partial charge in [0.25, 0.3) is 5.91 Å². The molecular formula is C28H29NO2S. The molecule has 0 radical (unpaired) electrons. The number of aliphatic hydroxyl groups is 1. The monoisotopic (exact) mass is 443 g/mol. The highest BCUT2D eigenvalue weighted by Crippen LogP contribution is 2.44. The molecule has 0 aliphatic carbocycles. The van der Waals surface area contributed by atoms with Crippen molar-refractivity contribution in [3.8, 4) is 0 Å². The summed E-state index contributed by atoms with van der Waals surface area (Å²) in [5.74, 6) is -0.0548. The third-order valence-corrected chi connectivity index (χ3v) is 6.84. The highest BCUT2D eigenvalue weighted by Gasteiger charge is 2.41. The molecule has 0 bridgehead atoms. The number of hydrogen-bond donors (Lipinski definition) is 1. The molecule has 0 saturated carbocycles. The summed E-state index contributed by atoms with van der Waals surface area (Å²) in [7, 11) is 0. The van der Waals surface area contributed by atoms with Crippen molar-refractivity contribution < 1.29 is 9.90 Å². The first-order chi connectivity index (χ1) is 15.4. The van der Waals surface area contributed by atoms with E-state index in [2.05, 4.69) is 62.4 Å². The Morgan fingerprint density at radius 2 is 1.56 bits per heavy atom. The third kappa shape index (κ3) is 4.33. The third-order valence-electron chi connectivity index (χ3n) is 6.10. The first kappa shape index (κ1) is 22.2. The highest BCUT2D eigenvalue weighted by atomic mass is 32.2. The molecule has 3 nitrogen and oxygen atoms in total. The molecule has 0 unspecified atom stereocenters. The van der Waals surface area contributed by atoms with Gasteiger partial charge in [-0.25, -0.2) is 0 Å². The van der Waals surface area contributed by atoms with Gasteiger partial charge in [-0.05, 0) is 53.5 Å². The van der Waals surface area contributed by atoms with E-state index >= 15 is 0 Å². The maximum absolute atomic E-state index is 13.3. The molecule has 1 amide bonds. The summed E-state index contributed by atoms with van der Waals surface area (Å²) in [4.78, 5) is 16.2. The number of hydrogen-bond acceptors (Lipinski definition) is 3. The molecule has 1 atom stereocenters. The quantitative estimate of drug-likeness (QED) is 0.422. The van der Waals surface area contributed by atoms with Crippen LogP contribution in [0, 0.1) is 6.92 Å². The Hall–Kier alpha value is -2.98. The predicted octanol–water partition coefficient (Wildman–Crippen LogP) is 6.89. The fraction of sp³-hybridized carbons (Fsp3) is 0.250. The van der Waals surface area contributed by atoms with Crippen molar-refractivity contribution in [3.63, 3.8) is 0 Å². The number of nitrogens with zero attached hydrogens (tertiary/aromatic N) is 1. The van der Waals surface area contributed by atoms with Crippen molar-refractivity contribution >= 4 is 23.2 Å². The first-order valence-corrected chi connectivity index (χ1v) is 12.2. The topological polar surface area (TPSA) is 40.5 Å². The first-order valence-electron chi connectivity index (χ1n) is 10.9. The number of aliphatic hydroxyl groups excluding tert-OH is 1. The second kappa shape index (κ2) is 9.25. The highest BCUT2D eigenvalue weighted by molar-refractivity contribution is 7.98. The van der Waals surface area contributed by atoms with Crippen molar-refractivity contribution in [1.82, 2.24) is 4.90 Å². The normalized spacial score (nSPS) is 16.3. The number of aryl methyl sites for hydroxylation is 1. The molecule has 32 heavy (non-hydrogen) atoms. The van der Waals surface area contributed by atoms with Gasteiger partial charge in [0.1, 0.15) is 0 Å². The molecule has 1 aliphatic rings. The van der Waals surface area contributed by atoms with Crippen LogP contribution in [0.1, 0.15) is 53.6 Å². The molecule has 0 spiro atoms. The van der Waals surface area contributed by atoms with E-state index in [1.165, 1.54) is 10.5 Å². The number of carbonyl (C=O) groups is 1. The molecular weight excluding hydrogens is 414 g/mol. The largest absolute Gasteiger partial charge is 0.503 e. The summed E-state index contributed by atoms with van der Waals surface area (Å²) in [6, 6.07) is 24.3. The van der Waals surface area contributed by atoms with Gasteiger partial charge in [-0.3, -0.25) is 4.79 Å². The van der Waals surface area contributed by atoms with Crippen molar-refractivity contribution in [2.45, 2.75) is 44.2 Å². The average molecular weight is 444 g/mol. The van der Waals surface area contributed by atoms with Gasteiger partial charge in [0, 0.05) is 17.0 Å². The van der Waals surface area contributed by atoms with Crippen molar-refractivity contribution in [2.75, 3.05) is 6.26 Å². The molecule has 0 aromatic heterocycles. The van der Waals surface area contributed by atoms with E-state index in [1.54, 1.807) is 16.7 Å². The zero-order valence-corrected chi connectivity index (χ0v) is 19.8. The van der Waals surface area contributed by atoms with Crippen molar-refractivity contribution in [1.29, 1.82) is 0 Å². The summed E-state index contributed by atoms with van der Waals surface area (Å²) in [6.45, 7) is 6.80. The van der Waals surface area contributed by atoms with Gasteiger partial charge in [-0.15, -0.1) is 11.8 Å². The minimum Gasteiger partial charge on any atom is -0.503 e. The minimum atomic E-state index is -0.341. The second-order valence-corrected chi connectivity index (χ2v) is 9.51. The molecule has 0 fully saturated rings. The Bertz CT molecular complexity index is 1130. The Morgan fingerprint density at radius 1 is 0.938 bits per heavy atom. The van der Waals surface area contributed by atoms with Gasteiger partial charge < -0.3 is 10.0 Å². The van der Waals surface area contributed by atoms with E-state index in [1.807, 2.05) is 37.4 Å². The number of carbonyl (C=O) groups excluding carboxylic acids is 1. The number of amides is 1. The maximum atomic E-state index is 13.3. The molecule has 1 N–H and O–H groups in total. The number of benzene rings is 3. The average Bonchev–Trinajstić information content (AvgIpc) is 3.05. The lowest BCUT2D eigenvalue weighted by atomic mass is 9.91. The zero-order chi connectivity index (χ0) is 22.8. The Kier molecular flexibility index (Phi) is 6.43. The van der Waals surface area contributed by atoms with Crippen molar-refractivity contribution in [3.05, 3.63) is 106 Å². The van der Waals surface area contributed by atoms with Gasteiger partial charge in [0.15, 0.2) is 5.76 Å². The van der Waals surface area contributed by atoms with Gasteiger partial charge in [-0.2, -0.15) is 0 Å². The van der Waals surface area contributed by atoms with Crippen LogP contribution in [-0.2, 0) is 11.3 Å². The molecule has 1 heterocycles. The van der Waals surface area contributed by atoms with E-state index in [-0.39, 0.29) is 17.7 Å². The molecule has 164 valence electrons. The lowest BCUT2D eigenvalue weighted by Crippen LogP contribution is -2.29. The van der Waals surface area contributed by atoms with Crippen LogP contribution < -0.4 is 0 Å². The van der Waals surface area contributed by atoms with Gasteiger partial charge in [0.05, 0.1) is 6.04 Å². The Morgan fingerprint density at radius 3 is 2.12 bits per heavy atom. The van der Waals surface area contributed by atoms with Gasteiger partial charge in [-0.1, -0.05) is 80.1 Å². The van der Waals surface area contributed by atoms with E-state index in [0.717, 1.165) is 22.3 Å². The fourth-order valence-electron chi connectivity index (χ4n) is 4.18. The van der Waals surface area contributed by atoms with Crippen LogP contribution in [-0.4, -0.2) is 22.2 Å². The van der Waals surface area contributed by atoms with Crippen LogP contribution in [0.4, 0.5) is 0 Å². The number of rotatable bonds is 6. The lowest BCUT2D eigenvalue weighted by Gasteiger charge is -2.28. The summed E-state index contributed by atoms with van der Waals surface area (Å²) in [6.07, 6.45) is 2.05. The molecule has 1 aliphatic heterocycles. The van der Waals surface area contributed by atoms with Crippen molar-refractivity contribution in [2.24, 2.45) is 0 Å². The Labute approximate surface area is 194 Å². The van der Waals surface area contributed by atoms with Gasteiger partial charge >= 0.3 is 0 Å². The fourth-order valence-corrected chi connectivity index (χ4v) is 4.59. The SMILES string of the molecule is CSc1ccc(CN2C(=O)C(O)=C(c3ccc(C)cc3)[C@H]2c2ccc(C(C)C)cc2)cc1. The van der Waals surface area contributed by atoms with Crippen LogP contribution in [0.5, 0.6) is 0 Å². The smallest absolute Gasteiger partial charge is 0.290 e. The molecule has 4 heteroatoms. The zero-order valence-electron chi connectivity index (χ0n) is 19.0. The van der Waals surface area contributed by atoms with E-state index < -0.39 is 0 Å². The molecule has 3 aromatic rings. The van der Waals surface area contributed by atoms with Crippen LogP contribution in [0.2, 0.25) is 0 Å². The predicted molar refractivity (Wildman–Crippen MR) is 133 cm³/mol.